The smallest absolute Gasteiger partial charge is 0.358 e. The first-order chi connectivity index (χ1) is 19.2. The van der Waals surface area contributed by atoms with Gasteiger partial charge in [0, 0.05) is 38.1 Å². The second-order valence-corrected chi connectivity index (χ2v) is 8.67. The number of nitrogens with one attached hydrogen (secondary N) is 1. The lowest BCUT2D eigenvalue weighted by molar-refractivity contribution is -0.126. The number of rotatable bonds is 8. The fraction of sp³-hybridized carbons (Fsp3) is 0.241. The summed E-state index contributed by atoms with van der Waals surface area (Å²) in [7, 11) is 4.56. The minimum Gasteiger partial charge on any atom is -0.464 e. The molecule has 0 saturated heterocycles. The number of esters is 2. The van der Waals surface area contributed by atoms with Gasteiger partial charge in [0.2, 0.25) is 5.91 Å². The van der Waals surface area contributed by atoms with Crippen molar-refractivity contribution in [3.8, 4) is 0 Å². The summed E-state index contributed by atoms with van der Waals surface area (Å²) in [6.45, 7) is 2.16. The number of methoxy groups -OCH3 is 1. The first kappa shape index (κ1) is 29.6. The van der Waals surface area contributed by atoms with Gasteiger partial charge in [-0.2, -0.15) is 0 Å². The van der Waals surface area contributed by atoms with E-state index in [-0.39, 0.29) is 29.9 Å². The number of aromatic nitrogens is 3. The van der Waals surface area contributed by atoms with E-state index < -0.39 is 5.97 Å². The van der Waals surface area contributed by atoms with Crippen molar-refractivity contribution in [2.45, 2.75) is 13.3 Å². The fourth-order valence-electron chi connectivity index (χ4n) is 3.46. The molecule has 0 aliphatic heterocycles. The number of carbonyl (C=O) groups is 3. The Morgan fingerprint density at radius 3 is 2.38 bits per heavy atom. The van der Waals surface area contributed by atoms with Crippen molar-refractivity contribution in [3.05, 3.63) is 95.3 Å². The minimum atomic E-state index is -0.590. The van der Waals surface area contributed by atoms with Crippen molar-refractivity contribution < 1.29 is 28.2 Å². The van der Waals surface area contributed by atoms with E-state index in [0.29, 0.717) is 29.9 Å². The quantitative estimate of drug-likeness (QED) is 0.327. The summed E-state index contributed by atoms with van der Waals surface area (Å²) in [4.78, 5) is 48.8. The van der Waals surface area contributed by atoms with Crippen LogP contribution in [0.5, 0.6) is 0 Å². The van der Waals surface area contributed by atoms with Gasteiger partial charge < -0.3 is 19.7 Å². The SMILES string of the molecule is CCOC(=O)c1cnc2ncccc2c1.COC(=O)c1ncc(Cc2ccc(F)cc2)cc1NCC(=O)N(C)C. The van der Waals surface area contributed by atoms with Gasteiger partial charge in [0.15, 0.2) is 11.3 Å². The highest BCUT2D eigenvalue weighted by Gasteiger charge is 2.16. The molecule has 0 aliphatic carbocycles. The Morgan fingerprint density at radius 1 is 0.950 bits per heavy atom. The number of pyridine rings is 3. The van der Waals surface area contributed by atoms with Gasteiger partial charge in [0.1, 0.15) is 5.82 Å². The lowest BCUT2D eigenvalue weighted by atomic mass is 10.1. The molecule has 1 N–H and O–H groups in total. The predicted molar refractivity (Wildman–Crippen MR) is 147 cm³/mol. The maximum atomic E-state index is 13.0. The van der Waals surface area contributed by atoms with Crippen LogP contribution in [0.1, 0.15) is 38.9 Å². The normalized spacial score (nSPS) is 10.2. The molecular weight excluding hydrogens is 517 g/mol. The third-order valence-corrected chi connectivity index (χ3v) is 5.54. The molecule has 0 spiro atoms. The molecule has 0 bridgehead atoms. The summed E-state index contributed by atoms with van der Waals surface area (Å²) in [5.41, 5.74) is 3.34. The first-order valence-electron chi connectivity index (χ1n) is 12.4. The molecule has 0 radical (unpaired) electrons. The van der Waals surface area contributed by atoms with E-state index in [2.05, 4.69) is 20.3 Å². The summed E-state index contributed by atoms with van der Waals surface area (Å²) in [5, 5.41) is 3.77. The Morgan fingerprint density at radius 2 is 1.70 bits per heavy atom. The highest BCUT2D eigenvalue weighted by atomic mass is 19.1. The monoisotopic (exact) mass is 547 g/mol. The molecule has 1 amide bonds. The maximum Gasteiger partial charge on any atom is 0.358 e. The number of halogens is 1. The van der Waals surface area contributed by atoms with E-state index >= 15 is 0 Å². The van der Waals surface area contributed by atoms with Crippen LogP contribution in [0.15, 0.2) is 67.1 Å². The Bertz CT molecular complexity index is 1480. The van der Waals surface area contributed by atoms with Crippen molar-refractivity contribution in [2.75, 3.05) is 39.7 Å². The van der Waals surface area contributed by atoms with Crippen LogP contribution in [0.2, 0.25) is 0 Å². The molecule has 3 heterocycles. The molecule has 0 saturated carbocycles. The van der Waals surface area contributed by atoms with Crippen LogP contribution >= 0.6 is 0 Å². The number of benzene rings is 1. The topological polar surface area (TPSA) is 124 Å². The number of nitrogens with zero attached hydrogens (tertiary/aromatic N) is 4. The van der Waals surface area contributed by atoms with E-state index in [1.807, 2.05) is 6.07 Å². The van der Waals surface area contributed by atoms with E-state index in [9.17, 15) is 18.8 Å². The summed E-state index contributed by atoms with van der Waals surface area (Å²) in [5.74, 6) is -1.38. The second-order valence-electron chi connectivity index (χ2n) is 8.67. The largest absolute Gasteiger partial charge is 0.464 e. The molecule has 0 unspecified atom stereocenters. The van der Waals surface area contributed by atoms with Gasteiger partial charge in [-0.15, -0.1) is 0 Å². The number of hydrogen-bond donors (Lipinski definition) is 1. The van der Waals surface area contributed by atoms with E-state index in [1.165, 1.54) is 30.3 Å². The van der Waals surface area contributed by atoms with Crippen LogP contribution in [0.4, 0.5) is 10.1 Å². The summed E-state index contributed by atoms with van der Waals surface area (Å²) in [6.07, 6.45) is 5.23. The molecule has 4 rings (SSSR count). The van der Waals surface area contributed by atoms with E-state index in [4.69, 9.17) is 9.47 Å². The number of anilines is 1. The fourth-order valence-corrected chi connectivity index (χ4v) is 3.46. The van der Waals surface area contributed by atoms with Crippen molar-refractivity contribution in [2.24, 2.45) is 0 Å². The van der Waals surface area contributed by atoms with Gasteiger partial charge in [0.25, 0.3) is 0 Å². The zero-order valence-electron chi connectivity index (χ0n) is 22.7. The van der Waals surface area contributed by atoms with Crippen molar-refractivity contribution in [1.82, 2.24) is 19.9 Å². The predicted octanol–water partition coefficient (Wildman–Crippen LogP) is 3.90. The molecule has 1 aromatic carbocycles. The summed E-state index contributed by atoms with van der Waals surface area (Å²) < 4.78 is 22.6. The van der Waals surface area contributed by atoms with Crippen LogP contribution in [0.3, 0.4) is 0 Å². The number of ether oxygens (including phenoxy) is 2. The molecule has 3 aromatic heterocycles. The van der Waals surface area contributed by atoms with Crippen LogP contribution in [-0.4, -0.2) is 72.1 Å². The standard InChI is InChI=1S/C18H20FN3O3.C11H10N2O2/c1-22(2)16(23)11-20-15-9-13(10-21-17(15)18(24)25-3)8-12-4-6-14(19)7-5-12;1-2-15-11(14)9-6-8-4-3-5-12-10(8)13-7-9/h4-7,9-10,20H,8,11H2,1-3H3;3-7H,2H2,1H3. The third-order valence-electron chi connectivity index (χ3n) is 5.54. The van der Waals surface area contributed by atoms with Gasteiger partial charge in [0.05, 0.1) is 31.5 Å². The molecule has 208 valence electrons. The van der Waals surface area contributed by atoms with Crippen LogP contribution in [-0.2, 0) is 20.7 Å². The maximum absolute atomic E-state index is 13.0. The van der Waals surface area contributed by atoms with Crippen LogP contribution in [0.25, 0.3) is 11.0 Å². The second kappa shape index (κ2) is 14.3. The Balaban J connectivity index is 0.000000249. The van der Waals surface area contributed by atoms with Crippen LogP contribution in [0, 0.1) is 5.82 Å². The molecule has 0 atom stereocenters. The summed E-state index contributed by atoms with van der Waals surface area (Å²) in [6, 6.07) is 13.3. The van der Waals surface area contributed by atoms with E-state index in [1.54, 1.807) is 63.7 Å². The Labute approximate surface area is 231 Å². The van der Waals surface area contributed by atoms with Gasteiger partial charge in [-0.05, 0) is 60.9 Å². The number of fused-ring (bicyclic) bond motifs is 1. The average Bonchev–Trinajstić information content (AvgIpc) is 2.97. The lowest BCUT2D eigenvalue weighted by Gasteiger charge is -2.14. The average molecular weight is 548 g/mol. The number of carbonyl (C=O) groups excluding carboxylic acids is 3. The first-order valence-corrected chi connectivity index (χ1v) is 12.4. The van der Waals surface area contributed by atoms with Gasteiger partial charge in [-0.1, -0.05) is 12.1 Å². The third kappa shape index (κ3) is 8.29. The molecule has 10 nitrogen and oxygen atoms in total. The zero-order chi connectivity index (χ0) is 29.1. The number of likely N-dealkylation sites (N-methyl/N-ethyl adjacent to an activating group) is 1. The molecule has 11 heteroatoms. The highest BCUT2D eigenvalue weighted by Crippen LogP contribution is 2.19. The Hall–Kier alpha value is -4.93. The highest BCUT2D eigenvalue weighted by molar-refractivity contribution is 5.94. The van der Waals surface area contributed by atoms with E-state index in [0.717, 1.165) is 16.5 Å². The van der Waals surface area contributed by atoms with Crippen molar-refractivity contribution in [1.29, 1.82) is 0 Å². The molecule has 0 fully saturated rings. The molecule has 4 aromatic rings. The number of hydrogen-bond acceptors (Lipinski definition) is 9. The van der Waals surface area contributed by atoms with Gasteiger partial charge in [-0.3, -0.25) is 4.79 Å². The minimum absolute atomic E-state index is 0.0265. The van der Waals surface area contributed by atoms with Gasteiger partial charge >= 0.3 is 11.9 Å². The Kier molecular flexibility index (Phi) is 10.6. The summed E-state index contributed by atoms with van der Waals surface area (Å²) >= 11 is 0. The van der Waals surface area contributed by atoms with Crippen molar-refractivity contribution in [3.63, 3.8) is 0 Å². The van der Waals surface area contributed by atoms with Crippen LogP contribution < -0.4 is 5.32 Å². The number of amides is 1. The molecule has 40 heavy (non-hydrogen) atoms. The van der Waals surface area contributed by atoms with Gasteiger partial charge in [-0.25, -0.2) is 28.9 Å². The zero-order valence-corrected chi connectivity index (χ0v) is 22.7. The molecule has 0 aliphatic rings. The lowest BCUT2D eigenvalue weighted by Crippen LogP contribution is -2.29. The molecular formula is C29H30FN5O5. The van der Waals surface area contributed by atoms with Crippen molar-refractivity contribution >= 4 is 34.6 Å².